The van der Waals surface area contributed by atoms with Gasteiger partial charge in [-0.2, -0.15) is 0 Å². The predicted octanol–water partition coefficient (Wildman–Crippen LogP) is 3.45. The van der Waals surface area contributed by atoms with Gasteiger partial charge in [-0.1, -0.05) is 6.07 Å². The van der Waals surface area contributed by atoms with Gasteiger partial charge in [0.15, 0.2) is 0 Å². The molecule has 2 N–H and O–H groups in total. The predicted molar refractivity (Wildman–Crippen MR) is 109 cm³/mol. The van der Waals surface area contributed by atoms with E-state index in [0.717, 1.165) is 41.7 Å². The van der Waals surface area contributed by atoms with E-state index >= 15 is 0 Å². The minimum atomic E-state index is 0.455. The highest BCUT2D eigenvalue weighted by atomic mass is 16.5. The minimum absolute atomic E-state index is 0.455. The summed E-state index contributed by atoms with van der Waals surface area (Å²) in [5, 5.41) is 7.21. The Hall–Kier alpha value is -2.60. The second-order valence-electron chi connectivity index (χ2n) is 8.54. The molecule has 1 unspecified atom stereocenters. The second kappa shape index (κ2) is 5.95. The highest BCUT2D eigenvalue weighted by Gasteiger charge is 2.52. The molecule has 1 aliphatic heterocycles. The number of methoxy groups -OCH3 is 1. The molecule has 2 saturated carbocycles. The van der Waals surface area contributed by atoms with Crippen LogP contribution in [0, 0.1) is 5.41 Å². The van der Waals surface area contributed by atoms with Gasteiger partial charge in [0.1, 0.15) is 17.2 Å². The fourth-order valence-electron chi connectivity index (χ4n) is 4.62. The Bertz CT molecular complexity index is 1050. The Morgan fingerprint density at radius 3 is 2.96 bits per heavy atom. The number of aromatic nitrogens is 3. The van der Waals surface area contributed by atoms with Crippen LogP contribution >= 0.6 is 0 Å². The summed E-state index contributed by atoms with van der Waals surface area (Å²) in [4.78, 5) is 9.53. The van der Waals surface area contributed by atoms with Crippen molar-refractivity contribution in [3.05, 3.63) is 42.2 Å². The van der Waals surface area contributed by atoms with E-state index in [9.17, 15) is 0 Å². The highest BCUT2D eigenvalue weighted by molar-refractivity contribution is 5.64. The lowest BCUT2D eigenvalue weighted by Crippen LogP contribution is -2.29. The molecular formula is C22H25N5O. The molecule has 3 aromatic rings. The van der Waals surface area contributed by atoms with Crippen molar-refractivity contribution >= 4 is 11.5 Å². The molecule has 0 aromatic carbocycles. The van der Waals surface area contributed by atoms with Gasteiger partial charge in [0.25, 0.3) is 0 Å². The normalized spacial score (nSPS) is 22.7. The molecule has 1 saturated heterocycles. The third-order valence-corrected chi connectivity index (χ3v) is 6.67. The Balaban J connectivity index is 1.36. The number of hydrogen-bond acceptors (Lipinski definition) is 5. The highest BCUT2D eigenvalue weighted by Crippen LogP contribution is 2.51. The Morgan fingerprint density at radius 1 is 1.29 bits per heavy atom. The Labute approximate surface area is 164 Å². The first kappa shape index (κ1) is 16.4. The zero-order valence-corrected chi connectivity index (χ0v) is 16.1. The number of pyridine rings is 2. The number of ether oxygens (including phenoxy) is 1. The van der Waals surface area contributed by atoms with Gasteiger partial charge in [-0.15, -0.1) is 0 Å². The first-order valence-electron chi connectivity index (χ1n) is 10.3. The Morgan fingerprint density at radius 2 is 2.18 bits per heavy atom. The van der Waals surface area contributed by atoms with Crippen LogP contribution in [0.1, 0.15) is 37.2 Å². The topological polar surface area (TPSA) is 63.5 Å². The molecule has 2 aliphatic carbocycles. The second-order valence-corrected chi connectivity index (χ2v) is 8.54. The van der Waals surface area contributed by atoms with E-state index in [1.54, 1.807) is 7.11 Å². The molecule has 3 aliphatic rings. The number of imidazole rings is 1. The number of rotatable bonds is 5. The van der Waals surface area contributed by atoms with Crippen LogP contribution in [-0.4, -0.2) is 40.6 Å². The third-order valence-electron chi connectivity index (χ3n) is 6.67. The molecule has 3 fully saturated rings. The zero-order valence-electron chi connectivity index (χ0n) is 16.1. The summed E-state index contributed by atoms with van der Waals surface area (Å²) < 4.78 is 7.76. The van der Waals surface area contributed by atoms with E-state index < -0.39 is 0 Å². The van der Waals surface area contributed by atoms with Crippen molar-refractivity contribution in [3.63, 3.8) is 0 Å². The van der Waals surface area contributed by atoms with Crippen molar-refractivity contribution in [1.29, 1.82) is 0 Å². The van der Waals surface area contributed by atoms with Crippen molar-refractivity contribution in [1.82, 2.24) is 19.7 Å². The molecule has 0 radical (unpaired) electrons. The van der Waals surface area contributed by atoms with Gasteiger partial charge in [-0.05, 0) is 43.7 Å². The third kappa shape index (κ3) is 2.58. The van der Waals surface area contributed by atoms with E-state index in [1.165, 1.54) is 31.2 Å². The van der Waals surface area contributed by atoms with Gasteiger partial charge < -0.3 is 15.4 Å². The fraction of sp³-hybridized carbons (Fsp3) is 0.455. The molecule has 3 aromatic heterocycles. The van der Waals surface area contributed by atoms with Gasteiger partial charge in [-0.25, -0.2) is 9.97 Å². The quantitative estimate of drug-likeness (QED) is 0.715. The molecule has 0 amide bonds. The average Bonchev–Trinajstić information content (AvgIpc) is 3.62. The largest absolute Gasteiger partial charge is 0.496 e. The van der Waals surface area contributed by atoms with E-state index in [0.29, 0.717) is 17.4 Å². The average molecular weight is 375 g/mol. The molecule has 1 atom stereocenters. The molecule has 6 heteroatoms. The molecule has 1 spiro atoms. The van der Waals surface area contributed by atoms with Gasteiger partial charge in [0.05, 0.1) is 24.7 Å². The molecule has 6 rings (SSSR count). The number of anilines is 1. The van der Waals surface area contributed by atoms with Crippen molar-refractivity contribution in [2.75, 3.05) is 25.5 Å². The maximum atomic E-state index is 5.60. The summed E-state index contributed by atoms with van der Waals surface area (Å²) in [7, 11) is 1.74. The lowest BCUT2D eigenvalue weighted by Gasteiger charge is -2.19. The van der Waals surface area contributed by atoms with E-state index in [1.807, 2.05) is 12.3 Å². The molecule has 28 heavy (non-hydrogen) atoms. The standard InChI is InChI=1S/C22H25N5O/c1-28-18-9-21-24-10-17(27(21)12-15(18)14-5-6-14)16-3-2-4-20(25-16)26-19-11-23-13-22(19)7-8-22/h2-4,9-10,12,14,19,23H,5-8,11,13H2,1H3,(H,25,26). The van der Waals surface area contributed by atoms with Crippen LogP contribution in [0.5, 0.6) is 5.75 Å². The van der Waals surface area contributed by atoms with E-state index in [4.69, 9.17) is 9.72 Å². The summed E-state index contributed by atoms with van der Waals surface area (Å²) in [5.74, 6) is 2.50. The van der Waals surface area contributed by atoms with Crippen LogP contribution in [0.4, 0.5) is 5.82 Å². The maximum absolute atomic E-state index is 5.60. The minimum Gasteiger partial charge on any atom is -0.496 e. The number of hydrogen-bond donors (Lipinski definition) is 2. The summed E-state index contributed by atoms with van der Waals surface area (Å²) >= 11 is 0. The summed E-state index contributed by atoms with van der Waals surface area (Å²) in [6.45, 7) is 2.15. The van der Waals surface area contributed by atoms with Crippen LogP contribution in [-0.2, 0) is 0 Å². The molecule has 144 valence electrons. The SMILES string of the molecule is COc1cc2ncc(-c3cccc(NC4CNCC45CC5)n3)n2cc1C1CC1. The van der Waals surface area contributed by atoms with Crippen LogP contribution in [0.15, 0.2) is 36.7 Å². The lowest BCUT2D eigenvalue weighted by molar-refractivity contribution is 0.409. The van der Waals surface area contributed by atoms with E-state index in [-0.39, 0.29) is 0 Å². The zero-order chi connectivity index (χ0) is 18.7. The van der Waals surface area contributed by atoms with Crippen molar-refractivity contribution in [2.45, 2.75) is 37.6 Å². The van der Waals surface area contributed by atoms with Crippen LogP contribution in [0.25, 0.3) is 17.0 Å². The monoisotopic (exact) mass is 375 g/mol. The lowest BCUT2D eigenvalue weighted by atomic mass is 10.0. The maximum Gasteiger partial charge on any atom is 0.140 e. The van der Waals surface area contributed by atoms with Crippen LogP contribution in [0.2, 0.25) is 0 Å². The fourth-order valence-corrected chi connectivity index (χ4v) is 4.62. The number of nitrogens with one attached hydrogen (secondary N) is 2. The van der Waals surface area contributed by atoms with Crippen molar-refractivity contribution in [2.24, 2.45) is 5.41 Å². The molecular weight excluding hydrogens is 350 g/mol. The van der Waals surface area contributed by atoms with Crippen LogP contribution in [0.3, 0.4) is 0 Å². The smallest absolute Gasteiger partial charge is 0.140 e. The van der Waals surface area contributed by atoms with Gasteiger partial charge in [0.2, 0.25) is 0 Å². The van der Waals surface area contributed by atoms with Gasteiger partial charge in [0, 0.05) is 42.4 Å². The summed E-state index contributed by atoms with van der Waals surface area (Å²) in [5.41, 5.74) is 4.59. The number of nitrogens with zero attached hydrogens (tertiary/aromatic N) is 3. The first-order valence-corrected chi connectivity index (χ1v) is 10.3. The first-order chi connectivity index (χ1) is 13.8. The van der Waals surface area contributed by atoms with Gasteiger partial charge >= 0.3 is 0 Å². The van der Waals surface area contributed by atoms with E-state index in [2.05, 4.69) is 44.4 Å². The number of fused-ring (bicyclic) bond motifs is 1. The van der Waals surface area contributed by atoms with Crippen LogP contribution < -0.4 is 15.4 Å². The molecule has 6 nitrogen and oxygen atoms in total. The molecule has 0 bridgehead atoms. The van der Waals surface area contributed by atoms with Gasteiger partial charge in [-0.3, -0.25) is 4.40 Å². The Kier molecular flexibility index (Phi) is 3.48. The van der Waals surface area contributed by atoms with Crippen molar-refractivity contribution in [3.8, 4) is 17.1 Å². The summed E-state index contributed by atoms with van der Waals surface area (Å²) in [6.07, 6.45) is 9.21. The molecule has 4 heterocycles. The summed E-state index contributed by atoms with van der Waals surface area (Å²) in [6, 6.07) is 8.73. The van der Waals surface area contributed by atoms with Crippen molar-refractivity contribution < 1.29 is 4.74 Å².